The van der Waals surface area contributed by atoms with Crippen LogP contribution in [0.4, 0.5) is 0 Å². The summed E-state index contributed by atoms with van der Waals surface area (Å²) >= 11 is 3.26. The Morgan fingerprint density at radius 3 is 2.84 bits per heavy atom. The van der Waals surface area contributed by atoms with Gasteiger partial charge < -0.3 is 14.6 Å². The summed E-state index contributed by atoms with van der Waals surface area (Å²) in [5.74, 6) is 2.31. The van der Waals surface area contributed by atoms with E-state index in [1.54, 1.807) is 30.0 Å². The number of aryl methyl sites for hydroxylation is 2. The van der Waals surface area contributed by atoms with E-state index in [1.807, 2.05) is 4.90 Å². The number of aromatic amines is 1. The van der Waals surface area contributed by atoms with E-state index in [1.165, 1.54) is 16.9 Å². The van der Waals surface area contributed by atoms with Gasteiger partial charge >= 0.3 is 5.97 Å². The van der Waals surface area contributed by atoms with Gasteiger partial charge in [0, 0.05) is 30.1 Å². The van der Waals surface area contributed by atoms with Crippen LogP contribution in [-0.2, 0) is 32.9 Å². The van der Waals surface area contributed by atoms with Gasteiger partial charge in [-0.3, -0.25) is 14.4 Å². The Labute approximate surface area is 196 Å². The number of carbonyl (C=O) groups excluding carboxylic acids is 2. The molecule has 1 N–H and O–H groups in total. The van der Waals surface area contributed by atoms with Crippen LogP contribution >= 0.6 is 23.1 Å². The SMILES string of the molecule is CCOC(=O)CCN(CC1CC1)C(=O)CCSCc1nc2sc3c(c2c(=O)[nH]1)CCCC3. The van der Waals surface area contributed by atoms with Crippen molar-refractivity contribution in [3.05, 3.63) is 26.6 Å². The standard InChI is InChI=1S/C23H31N3O4S2/c1-2-30-20(28)9-11-26(13-15-7-8-15)19(27)10-12-31-14-18-24-22(29)21-16-5-3-4-6-17(16)32-23(21)25-18/h15H,2-14H2,1H3,(H,24,25,29). The molecule has 4 rings (SSSR count). The minimum atomic E-state index is -0.254. The molecule has 2 aromatic heterocycles. The van der Waals surface area contributed by atoms with Gasteiger partial charge in [0.15, 0.2) is 0 Å². The molecule has 2 aliphatic rings. The van der Waals surface area contributed by atoms with Gasteiger partial charge in [0.05, 0.1) is 24.2 Å². The first-order valence-corrected chi connectivity index (χ1v) is 13.6. The minimum absolute atomic E-state index is 0.0318. The molecule has 9 heteroatoms. The topological polar surface area (TPSA) is 92.4 Å². The molecular weight excluding hydrogens is 446 g/mol. The number of fused-ring (bicyclic) bond motifs is 3. The summed E-state index contributed by atoms with van der Waals surface area (Å²) in [6, 6.07) is 0. The average molecular weight is 478 g/mol. The number of aromatic nitrogens is 2. The average Bonchev–Trinajstić information content (AvgIpc) is 3.51. The predicted molar refractivity (Wildman–Crippen MR) is 128 cm³/mol. The van der Waals surface area contributed by atoms with Crippen molar-refractivity contribution in [3.8, 4) is 0 Å². The molecule has 0 atom stereocenters. The Hall–Kier alpha value is -1.87. The molecule has 2 aliphatic carbocycles. The largest absolute Gasteiger partial charge is 0.466 e. The summed E-state index contributed by atoms with van der Waals surface area (Å²) in [4.78, 5) is 48.7. The van der Waals surface area contributed by atoms with Crippen LogP contribution < -0.4 is 5.56 Å². The van der Waals surface area contributed by atoms with Gasteiger partial charge in [0.25, 0.3) is 5.56 Å². The van der Waals surface area contributed by atoms with Gasteiger partial charge in [-0.25, -0.2) is 4.98 Å². The summed E-state index contributed by atoms with van der Waals surface area (Å²) in [7, 11) is 0. The number of nitrogens with zero attached hydrogens (tertiary/aromatic N) is 2. The number of carbonyl (C=O) groups is 2. The van der Waals surface area contributed by atoms with E-state index in [-0.39, 0.29) is 23.9 Å². The molecule has 0 saturated heterocycles. The molecule has 0 unspecified atom stereocenters. The van der Waals surface area contributed by atoms with Crippen LogP contribution in [0.5, 0.6) is 0 Å². The number of amides is 1. The highest BCUT2D eigenvalue weighted by Gasteiger charge is 2.27. The van der Waals surface area contributed by atoms with Crippen molar-refractivity contribution >= 4 is 45.2 Å². The van der Waals surface area contributed by atoms with Crippen LogP contribution in [0.3, 0.4) is 0 Å². The molecule has 0 spiro atoms. The molecule has 1 amide bonds. The normalized spacial score (nSPS) is 15.5. The van der Waals surface area contributed by atoms with E-state index in [0.717, 1.165) is 48.9 Å². The fourth-order valence-electron chi connectivity index (χ4n) is 4.15. The van der Waals surface area contributed by atoms with E-state index < -0.39 is 0 Å². The highest BCUT2D eigenvalue weighted by atomic mass is 32.2. The Bertz CT molecular complexity index is 1030. The van der Waals surface area contributed by atoms with E-state index >= 15 is 0 Å². The molecule has 0 radical (unpaired) electrons. The Kier molecular flexibility index (Phi) is 7.88. The fraction of sp³-hybridized carbons (Fsp3) is 0.652. The third-order valence-corrected chi connectivity index (χ3v) is 8.15. The maximum Gasteiger partial charge on any atom is 0.307 e. The zero-order valence-corrected chi connectivity index (χ0v) is 20.2. The highest BCUT2D eigenvalue weighted by Crippen LogP contribution is 2.33. The molecule has 0 bridgehead atoms. The van der Waals surface area contributed by atoms with Gasteiger partial charge in [-0.05, 0) is 56.9 Å². The number of thiophene rings is 1. The summed E-state index contributed by atoms with van der Waals surface area (Å²) in [6.45, 7) is 3.31. The Morgan fingerprint density at radius 2 is 2.06 bits per heavy atom. The van der Waals surface area contributed by atoms with Crippen molar-refractivity contribution < 1.29 is 14.3 Å². The number of hydrogen-bond acceptors (Lipinski definition) is 7. The minimum Gasteiger partial charge on any atom is -0.466 e. The summed E-state index contributed by atoms with van der Waals surface area (Å²) < 4.78 is 4.99. The predicted octanol–water partition coefficient (Wildman–Crippen LogP) is 3.68. The first kappa shape index (κ1) is 23.3. The second-order valence-electron chi connectivity index (χ2n) is 8.54. The molecule has 7 nitrogen and oxygen atoms in total. The zero-order valence-electron chi connectivity index (χ0n) is 18.6. The Balaban J connectivity index is 1.28. The summed E-state index contributed by atoms with van der Waals surface area (Å²) in [6.07, 6.45) is 7.33. The molecular formula is C23H31N3O4S2. The van der Waals surface area contributed by atoms with Crippen molar-refractivity contribution in [2.24, 2.45) is 5.92 Å². The third kappa shape index (κ3) is 5.92. The molecule has 0 aromatic carbocycles. The maximum absolute atomic E-state index is 12.7. The van der Waals surface area contributed by atoms with Gasteiger partial charge in [-0.2, -0.15) is 11.8 Å². The monoisotopic (exact) mass is 477 g/mol. The molecule has 1 fully saturated rings. The van der Waals surface area contributed by atoms with E-state index in [0.29, 0.717) is 42.8 Å². The molecule has 174 valence electrons. The molecule has 32 heavy (non-hydrogen) atoms. The number of hydrogen-bond donors (Lipinski definition) is 1. The maximum atomic E-state index is 12.7. The van der Waals surface area contributed by atoms with Crippen LogP contribution in [0.1, 0.15) is 61.7 Å². The van der Waals surface area contributed by atoms with E-state index in [2.05, 4.69) is 4.98 Å². The van der Waals surface area contributed by atoms with Crippen LogP contribution in [0.2, 0.25) is 0 Å². The number of rotatable bonds is 11. The fourth-order valence-corrected chi connectivity index (χ4v) is 6.23. The van der Waals surface area contributed by atoms with Crippen LogP contribution in [0.15, 0.2) is 4.79 Å². The summed E-state index contributed by atoms with van der Waals surface area (Å²) in [5.41, 5.74) is 1.17. The van der Waals surface area contributed by atoms with Gasteiger partial charge in [-0.15, -0.1) is 11.3 Å². The van der Waals surface area contributed by atoms with Crippen LogP contribution in [-0.4, -0.2) is 52.2 Å². The lowest BCUT2D eigenvalue weighted by molar-refractivity contribution is -0.144. The van der Waals surface area contributed by atoms with Gasteiger partial charge in [0.2, 0.25) is 5.91 Å². The smallest absolute Gasteiger partial charge is 0.307 e. The van der Waals surface area contributed by atoms with Crippen molar-refractivity contribution in [3.63, 3.8) is 0 Å². The Morgan fingerprint density at radius 1 is 1.25 bits per heavy atom. The lowest BCUT2D eigenvalue weighted by Gasteiger charge is -2.22. The van der Waals surface area contributed by atoms with Crippen molar-refractivity contribution in [1.29, 1.82) is 0 Å². The lowest BCUT2D eigenvalue weighted by atomic mass is 9.97. The number of esters is 1. The van der Waals surface area contributed by atoms with Gasteiger partial charge in [-0.1, -0.05) is 0 Å². The summed E-state index contributed by atoms with van der Waals surface area (Å²) in [5, 5.41) is 0.783. The van der Waals surface area contributed by atoms with Crippen molar-refractivity contribution in [2.45, 2.75) is 64.0 Å². The highest BCUT2D eigenvalue weighted by molar-refractivity contribution is 7.98. The van der Waals surface area contributed by atoms with E-state index in [4.69, 9.17) is 9.72 Å². The molecule has 2 heterocycles. The van der Waals surface area contributed by atoms with Crippen LogP contribution in [0.25, 0.3) is 10.2 Å². The quantitative estimate of drug-likeness (QED) is 0.392. The zero-order chi connectivity index (χ0) is 22.5. The number of thioether (sulfide) groups is 1. The van der Waals surface area contributed by atoms with Crippen molar-refractivity contribution in [1.82, 2.24) is 14.9 Å². The molecule has 2 aromatic rings. The number of H-pyrrole nitrogens is 1. The lowest BCUT2D eigenvalue weighted by Crippen LogP contribution is -2.35. The molecule has 1 saturated carbocycles. The first-order valence-electron chi connectivity index (χ1n) is 11.6. The third-order valence-electron chi connectivity index (χ3n) is 5.99. The van der Waals surface area contributed by atoms with Crippen molar-refractivity contribution in [2.75, 3.05) is 25.4 Å². The number of ether oxygens (including phenoxy) is 1. The van der Waals surface area contributed by atoms with E-state index in [9.17, 15) is 14.4 Å². The van der Waals surface area contributed by atoms with Crippen LogP contribution in [0, 0.1) is 5.92 Å². The molecule has 0 aliphatic heterocycles. The van der Waals surface area contributed by atoms with Gasteiger partial charge in [0.1, 0.15) is 10.7 Å². The second-order valence-corrected chi connectivity index (χ2v) is 10.7. The number of nitrogens with one attached hydrogen (secondary N) is 1. The first-order chi connectivity index (χ1) is 15.5. The second kappa shape index (κ2) is 10.8.